The molecule has 2 aliphatic rings. The van der Waals surface area contributed by atoms with Gasteiger partial charge in [-0.3, -0.25) is 14.4 Å². The number of nitrogens with zero attached hydrogens (tertiary/aromatic N) is 1. The van der Waals surface area contributed by atoms with E-state index in [4.69, 9.17) is 4.74 Å². The van der Waals surface area contributed by atoms with E-state index < -0.39 is 45.6 Å². The van der Waals surface area contributed by atoms with Gasteiger partial charge in [-0.05, 0) is 26.0 Å². The number of rotatable bonds is 7. The highest BCUT2D eigenvalue weighted by atomic mass is 32.2. The number of carbonyl (C=O) groups is 4. The highest BCUT2D eigenvalue weighted by molar-refractivity contribution is 8.01. The zero-order valence-electron chi connectivity index (χ0n) is 17.4. The van der Waals surface area contributed by atoms with Crippen LogP contribution in [0.5, 0.6) is 5.75 Å². The van der Waals surface area contributed by atoms with Crippen molar-refractivity contribution >= 4 is 35.8 Å². The van der Waals surface area contributed by atoms with Crippen LogP contribution in [0.15, 0.2) is 60.7 Å². The molecule has 2 amide bonds. The molecule has 9 heteroatoms. The average molecular weight is 455 g/mol. The summed E-state index contributed by atoms with van der Waals surface area (Å²) in [4.78, 5) is 51.6. The number of hydrogen-bond acceptors (Lipinski definition) is 6. The minimum Gasteiger partial charge on any atom is -0.480 e. The molecule has 0 aromatic heterocycles. The number of β-lactam (4-membered cyclic amide) rings is 1. The van der Waals surface area contributed by atoms with Gasteiger partial charge in [0.2, 0.25) is 5.91 Å². The van der Waals surface area contributed by atoms with Crippen LogP contribution in [0.3, 0.4) is 0 Å². The highest BCUT2D eigenvalue weighted by Gasteiger charge is 2.64. The Balaban J connectivity index is 1.64. The molecule has 4 rings (SSSR count). The van der Waals surface area contributed by atoms with Crippen molar-refractivity contribution in [2.75, 3.05) is 0 Å². The first-order chi connectivity index (χ1) is 15.2. The molecule has 2 heterocycles. The Morgan fingerprint density at radius 1 is 1.12 bits per heavy atom. The van der Waals surface area contributed by atoms with Crippen LogP contribution in [-0.2, 0) is 24.8 Å². The van der Waals surface area contributed by atoms with Gasteiger partial charge in [0.05, 0.1) is 0 Å². The number of para-hydroxylation sites is 1. The number of carbonyl (C=O) groups excluding carboxylic acids is 3. The Hall–Kier alpha value is -3.33. The third kappa shape index (κ3) is 3.42. The molecular formula is C23H22N2O6S. The summed E-state index contributed by atoms with van der Waals surface area (Å²) < 4.78 is 5.18. The molecule has 166 valence electrons. The number of aldehydes is 1. The molecule has 2 aliphatic heterocycles. The molecule has 32 heavy (non-hydrogen) atoms. The molecule has 0 radical (unpaired) electrons. The number of hydrogen-bond donors (Lipinski definition) is 2. The van der Waals surface area contributed by atoms with Crippen molar-refractivity contribution in [3.05, 3.63) is 66.2 Å². The van der Waals surface area contributed by atoms with E-state index in [1.54, 1.807) is 74.5 Å². The maximum Gasteiger partial charge on any atom is 0.327 e. The van der Waals surface area contributed by atoms with Gasteiger partial charge in [-0.1, -0.05) is 48.5 Å². The first-order valence-electron chi connectivity index (χ1n) is 10.0. The molecule has 0 aliphatic carbocycles. The van der Waals surface area contributed by atoms with Crippen LogP contribution >= 0.6 is 11.8 Å². The van der Waals surface area contributed by atoms with Gasteiger partial charge in [0, 0.05) is 10.3 Å². The van der Waals surface area contributed by atoms with Gasteiger partial charge in [0.15, 0.2) is 6.29 Å². The third-order valence-corrected chi connectivity index (χ3v) is 7.26. The fourth-order valence-electron chi connectivity index (χ4n) is 4.14. The summed E-state index contributed by atoms with van der Waals surface area (Å²) in [7, 11) is 0. The van der Waals surface area contributed by atoms with Gasteiger partial charge in [-0.2, -0.15) is 0 Å². The molecular weight excluding hydrogens is 432 g/mol. The largest absolute Gasteiger partial charge is 0.480 e. The lowest BCUT2D eigenvalue weighted by Crippen LogP contribution is -2.72. The summed E-state index contributed by atoms with van der Waals surface area (Å²) in [5, 5.41) is 11.7. The smallest absolute Gasteiger partial charge is 0.327 e. The maximum absolute atomic E-state index is 13.5. The molecule has 2 N–H and O–H groups in total. The Kier molecular flexibility index (Phi) is 5.46. The van der Waals surface area contributed by atoms with E-state index in [-0.39, 0.29) is 0 Å². The lowest BCUT2D eigenvalue weighted by atomic mass is 9.92. The SMILES string of the molecule is CC1(C)SC2C(NC(=O)C(C=O)(Oc3ccccc3)c3ccccc3)C(=O)N2C1C(=O)O. The first kappa shape index (κ1) is 21.9. The topological polar surface area (TPSA) is 113 Å². The number of aliphatic carboxylic acids is 1. The normalized spacial score (nSPS) is 25.1. The van der Waals surface area contributed by atoms with E-state index >= 15 is 0 Å². The monoisotopic (exact) mass is 454 g/mol. The molecule has 0 spiro atoms. The zero-order chi connectivity index (χ0) is 23.1. The van der Waals surface area contributed by atoms with Gasteiger partial charge in [0.1, 0.15) is 23.2 Å². The van der Waals surface area contributed by atoms with Gasteiger partial charge < -0.3 is 20.1 Å². The number of carboxylic acids is 1. The second kappa shape index (κ2) is 7.98. The predicted octanol–water partition coefficient (Wildman–Crippen LogP) is 1.79. The molecule has 2 saturated heterocycles. The van der Waals surface area contributed by atoms with Crippen LogP contribution in [0.25, 0.3) is 0 Å². The Labute approximate surface area is 188 Å². The zero-order valence-corrected chi connectivity index (χ0v) is 18.2. The van der Waals surface area contributed by atoms with Crippen molar-refractivity contribution in [1.82, 2.24) is 10.2 Å². The van der Waals surface area contributed by atoms with Crippen LogP contribution in [-0.4, -0.2) is 56.3 Å². The van der Waals surface area contributed by atoms with Crippen molar-refractivity contribution in [3.8, 4) is 5.75 Å². The number of carboxylic acid groups (broad SMARTS) is 1. The van der Waals surface area contributed by atoms with E-state index in [9.17, 15) is 24.3 Å². The summed E-state index contributed by atoms with van der Waals surface area (Å²) in [6.07, 6.45) is 0.414. The van der Waals surface area contributed by atoms with Crippen molar-refractivity contribution in [3.63, 3.8) is 0 Å². The van der Waals surface area contributed by atoms with Gasteiger partial charge in [0.25, 0.3) is 11.5 Å². The summed E-state index contributed by atoms with van der Waals surface area (Å²) >= 11 is 1.31. The first-order valence-corrected chi connectivity index (χ1v) is 10.9. The standard InChI is InChI=1S/C23H22N2O6S/c1-22(2)17(20(28)29)25-18(27)16(19(25)32-22)24-21(30)23(13-26,14-9-5-3-6-10-14)31-15-11-7-4-8-12-15/h3-13,16-17,19H,1-2H3,(H,24,30)(H,28,29). The molecule has 4 atom stereocenters. The second-order valence-electron chi connectivity index (χ2n) is 8.18. The number of amides is 2. The molecule has 4 unspecified atom stereocenters. The fourth-order valence-corrected chi connectivity index (χ4v) is 5.76. The number of benzene rings is 2. The number of thioether (sulfide) groups is 1. The molecule has 0 bridgehead atoms. The van der Waals surface area contributed by atoms with Crippen LogP contribution in [0, 0.1) is 0 Å². The summed E-state index contributed by atoms with van der Waals surface area (Å²) in [5.74, 6) is -2.08. The minimum absolute atomic E-state index is 0.308. The molecule has 0 saturated carbocycles. The van der Waals surface area contributed by atoms with Crippen molar-refractivity contribution in [2.24, 2.45) is 0 Å². The van der Waals surface area contributed by atoms with Crippen LogP contribution in [0.2, 0.25) is 0 Å². The van der Waals surface area contributed by atoms with E-state index in [0.717, 1.165) is 0 Å². The highest BCUT2D eigenvalue weighted by Crippen LogP contribution is 2.50. The number of ether oxygens (including phenoxy) is 1. The fraction of sp³-hybridized carbons (Fsp3) is 0.304. The number of fused-ring (bicyclic) bond motifs is 1. The van der Waals surface area contributed by atoms with Crippen LogP contribution in [0.1, 0.15) is 19.4 Å². The van der Waals surface area contributed by atoms with Crippen molar-refractivity contribution in [1.29, 1.82) is 0 Å². The van der Waals surface area contributed by atoms with Crippen LogP contribution < -0.4 is 10.1 Å². The van der Waals surface area contributed by atoms with E-state index in [1.807, 2.05) is 0 Å². The minimum atomic E-state index is -2.02. The van der Waals surface area contributed by atoms with Crippen LogP contribution in [0.4, 0.5) is 0 Å². The Bertz CT molecular complexity index is 1060. The molecule has 2 aromatic carbocycles. The van der Waals surface area contributed by atoms with Gasteiger partial charge in [-0.25, -0.2) is 4.79 Å². The van der Waals surface area contributed by atoms with E-state index in [2.05, 4.69) is 5.32 Å². The van der Waals surface area contributed by atoms with Gasteiger partial charge >= 0.3 is 5.97 Å². The second-order valence-corrected chi connectivity index (χ2v) is 9.95. The molecule has 8 nitrogen and oxygen atoms in total. The van der Waals surface area contributed by atoms with E-state index in [1.165, 1.54) is 16.7 Å². The van der Waals surface area contributed by atoms with Crippen molar-refractivity contribution in [2.45, 2.75) is 41.7 Å². The number of nitrogens with one attached hydrogen (secondary N) is 1. The van der Waals surface area contributed by atoms with E-state index in [0.29, 0.717) is 17.6 Å². The summed E-state index contributed by atoms with van der Waals surface area (Å²) in [5.41, 5.74) is -1.71. The summed E-state index contributed by atoms with van der Waals surface area (Å²) in [6, 6.07) is 14.8. The summed E-state index contributed by atoms with van der Waals surface area (Å²) in [6.45, 7) is 3.50. The molecule has 2 aromatic rings. The average Bonchev–Trinajstić information content (AvgIpc) is 3.05. The lowest BCUT2D eigenvalue weighted by molar-refractivity contribution is -0.162. The Morgan fingerprint density at radius 2 is 1.72 bits per heavy atom. The lowest BCUT2D eigenvalue weighted by Gasteiger charge is -2.44. The predicted molar refractivity (Wildman–Crippen MR) is 117 cm³/mol. The quantitative estimate of drug-likeness (QED) is 0.373. The van der Waals surface area contributed by atoms with Gasteiger partial charge in [-0.15, -0.1) is 11.8 Å². The maximum atomic E-state index is 13.5. The molecule has 2 fully saturated rings. The Morgan fingerprint density at radius 3 is 2.28 bits per heavy atom. The third-order valence-electron chi connectivity index (χ3n) is 5.69. The van der Waals surface area contributed by atoms with Crippen molar-refractivity contribution < 1.29 is 29.0 Å².